The van der Waals surface area contributed by atoms with Crippen LogP contribution in [0.1, 0.15) is 0 Å². The molecule has 0 saturated carbocycles. The first-order valence-electron chi connectivity index (χ1n) is 5.25. The van der Waals surface area contributed by atoms with Crippen LogP contribution in [-0.2, 0) is 0 Å². The Morgan fingerprint density at radius 1 is 1.35 bits per heavy atom. The molecule has 0 amide bonds. The summed E-state index contributed by atoms with van der Waals surface area (Å²) < 4.78 is 5.18. The van der Waals surface area contributed by atoms with E-state index in [4.69, 9.17) is 9.52 Å². The summed E-state index contributed by atoms with van der Waals surface area (Å²) in [5.41, 5.74) is 1.10. The highest BCUT2D eigenvalue weighted by Gasteiger charge is 2.04. The summed E-state index contributed by atoms with van der Waals surface area (Å²) in [6.07, 6.45) is 0.533. The Morgan fingerprint density at radius 2 is 2.18 bits per heavy atom. The molecular formula is C12H13NO4. The lowest BCUT2D eigenvalue weighted by molar-refractivity contribution is 0.105. The van der Waals surface area contributed by atoms with Gasteiger partial charge in [0, 0.05) is 18.3 Å². The van der Waals surface area contributed by atoms with Crippen LogP contribution in [0, 0.1) is 0 Å². The summed E-state index contributed by atoms with van der Waals surface area (Å²) in [5.74, 6) is 0. The van der Waals surface area contributed by atoms with E-state index in [1.807, 2.05) is 0 Å². The molecule has 5 nitrogen and oxygen atoms in total. The molecule has 1 unspecified atom stereocenters. The van der Waals surface area contributed by atoms with Crippen molar-refractivity contribution in [1.82, 2.24) is 0 Å². The summed E-state index contributed by atoms with van der Waals surface area (Å²) in [6.45, 7) is -0.0805. The van der Waals surface area contributed by atoms with Crippen molar-refractivity contribution in [2.24, 2.45) is 0 Å². The maximum Gasteiger partial charge on any atom is 0.192 e. The molecule has 1 aromatic heterocycles. The number of hydrogen-bond acceptors (Lipinski definition) is 5. The molecule has 0 spiro atoms. The van der Waals surface area contributed by atoms with Crippen LogP contribution in [0.4, 0.5) is 5.69 Å². The first-order valence-corrected chi connectivity index (χ1v) is 5.25. The lowest BCUT2D eigenvalue weighted by Gasteiger charge is -2.10. The van der Waals surface area contributed by atoms with Crippen molar-refractivity contribution < 1.29 is 14.6 Å². The molecule has 1 atom stereocenters. The third kappa shape index (κ3) is 2.64. The van der Waals surface area contributed by atoms with Crippen molar-refractivity contribution in [3.8, 4) is 0 Å². The van der Waals surface area contributed by atoms with Gasteiger partial charge in [0.2, 0.25) is 0 Å². The number of fused-ring (bicyclic) bond motifs is 1. The number of nitrogens with one attached hydrogen (secondary N) is 1. The van der Waals surface area contributed by atoms with Gasteiger partial charge < -0.3 is 19.9 Å². The van der Waals surface area contributed by atoms with Crippen molar-refractivity contribution in [2.45, 2.75) is 6.10 Å². The highest BCUT2D eigenvalue weighted by Crippen LogP contribution is 2.15. The predicted octanol–water partition coefficient (Wildman–Crippen LogP) is 0.558. The number of anilines is 1. The topological polar surface area (TPSA) is 82.7 Å². The second kappa shape index (κ2) is 4.99. The molecule has 5 heteroatoms. The second-order valence-electron chi connectivity index (χ2n) is 3.71. The normalized spacial score (nSPS) is 12.6. The van der Waals surface area contributed by atoms with Crippen molar-refractivity contribution in [3.05, 3.63) is 40.8 Å². The maximum atomic E-state index is 11.5. The SMILES string of the molecule is O=c1ccoc2ccc(NCC(O)CO)cc12. The van der Waals surface area contributed by atoms with Gasteiger partial charge in [-0.2, -0.15) is 0 Å². The minimum absolute atomic E-state index is 0.113. The number of rotatable bonds is 4. The van der Waals surface area contributed by atoms with Crippen LogP contribution < -0.4 is 10.7 Å². The fraction of sp³-hybridized carbons (Fsp3) is 0.250. The fourth-order valence-electron chi connectivity index (χ4n) is 1.49. The monoisotopic (exact) mass is 235 g/mol. The molecule has 0 aliphatic heterocycles. The first-order chi connectivity index (χ1) is 8.20. The molecule has 0 radical (unpaired) electrons. The van der Waals surface area contributed by atoms with Gasteiger partial charge in [-0.1, -0.05) is 0 Å². The number of aliphatic hydroxyl groups is 2. The third-order valence-corrected chi connectivity index (χ3v) is 2.41. The number of benzene rings is 1. The van der Waals surface area contributed by atoms with Crippen LogP contribution in [0.25, 0.3) is 11.0 Å². The van der Waals surface area contributed by atoms with E-state index in [-0.39, 0.29) is 18.6 Å². The van der Waals surface area contributed by atoms with Crippen LogP contribution >= 0.6 is 0 Å². The number of hydrogen-bond donors (Lipinski definition) is 3. The molecule has 3 N–H and O–H groups in total. The molecule has 0 saturated heterocycles. The van der Waals surface area contributed by atoms with Gasteiger partial charge in [-0.3, -0.25) is 4.79 Å². The molecule has 17 heavy (non-hydrogen) atoms. The number of aliphatic hydroxyl groups excluding tert-OH is 2. The fourth-order valence-corrected chi connectivity index (χ4v) is 1.49. The molecule has 0 fully saturated rings. The zero-order chi connectivity index (χ0) is 12.3. The highest BCUT2D eigenvalue weighted by molar-refractivity contribution is 5.80. The summed E-state index contributed by atoms with van der Waals surface area (Å²) in [6, 6.07) is 6.44. The molecule has 0 aliphatic rings. The average molecular weight is 235 g/mol. The lowest BCUT2D eigenvalue weighted by atomic mass is 10.2. The lowest BCUT2D eigenvalue weighted by Crippen LogP contribution is -2.22. The zero-order valence-corrected chi connectivity index (χ0v) is 9.09. The van der Waals surface area contributed by atoms with Crippen molar-refractivity contribution in [3.63, 3.8) is 0 Å². The van der Waals surface area contributed by atoms with E-state index in [9.17, 15) is 9.90 Å². The summed E-state index contributed by atoms with van der Waals surface area (Å²) in [5, 5.41) is 21.3. The summed E-state index contributed by atoms with van der Waals surface area (Å²) in [7, 11) is 0. The van der Waals surface area contributed by atoms with E-state index in [0.29, 0.717) is 16.7 Å². The molecule has 90 valence electrons. The molecule has 1 heterocycles. The van der Waals surface area contributed by atoms with Crippen LogP contribution in [0.15, 0.2) is 39.7 Å². The quantitative estimate of drug-likeness (QED) is 0.721. The summed E-state index contributed by atoms with van der Waals surface area (Å²) in [4.78, 5) is 11.5. The average Bonchev–Trinajstić information content (AvgIpc) is 2.36. The standard InChI is InChI=1S/C12H13NO4/c14-7-9(15)6-13-8-1-2-12-10(5-8)11(16)3-4-17-12/h1-5,9,13-15H,6-7H2. The predicted molar refractivity (Wildman–Crippen MR) is 64.1 cm³/mol. The minimum Gasteiger partial charge on any atom is -0.464 e. The van der Waals surface area contributed by atoms with Gasteiger partial charge in [-0.25, -0.2) is 0 Å². The maximum absolute atomic E-state index is 11.5. The second-order valence-corrected chi connectivity index (χ2v) is 3.71. The highest BCUT2D eigenvalue weighted by atomic mass is 16.3. The van der Waals surface area contributed by atoms with E-state index in [1.54, 1.807) is 18.2 Å². The molecule has 2 rings (SSSR count). The molecule has 1 aromatic carbocycles. The third-order valence-electron chi connectivity index (χ3n) is 2.41. The smallest absolute Gasteiger partial charge is 0.192 e. The Kier molecular flexibility index (Phi) is 3.41. The first kappa shape index (κ1) is 11.6. The van der Waals surface area contributed by atoms with Gasteiger partial charge in [0.25, 0.3) is 0 Å². The Hall–Kier alpha value is -1.85. The van der Waals surface area contributed by atoms with Gasteiger partial charge in [-0.05, 0) is 18.2 Å². The van der Waals surface area contributed by atoms with Crippen molar-refractivity contribution in [2.75, 3.05) is 18.5 Å². The van der Waals surface area contributed by atoms with E-state index in [0.717, 1.165) is 0 Å². The van der Waals surface area contributed by atoms with Crippen molar-refractivity contribution in [1.29, 1.82) is 0 Å². The van der Waals surface area contributed by atoms with E-state index in [1.165, 1.54) is 12.3 Å². The van der Waals surface area contributed by atoms with E-state index in [2.05, 4.69) is 5.32 Å². The largest absolute Gasteiger partial charge is 0.464 e. The Labute approximate surface area is 97.3 Å². The van der Waals surface area contributed by atoms with Crippen molar-refractivity contribution >= 4 is 16.7 Å². The summed E-state index contributed by atoms with van der Waals surface area (Å²) >= 11 is 0. The van der Waals surface area contributed by atoms with Crippen LogP contribution in [0.3, 0.4) is 0 Å². The van der Waals surface area contributed by atoms with E-state index >= 15 is 0 Å². The Morgan fingerprint density at radius 3 is 2.94 bits per heavy atom. The molecular weight excluding hydrogens is 222 g/mol. The van der Waals surface area contributed by atoms with Crippen LogP contribution in [0.5, 0.6) is 0 Å². The Balaban J connectivity index is 2.25. The van der Waals surface area contributed by atoms with Gasteiger partial charge in [0.05, 0.1) is 24.4 Å². The van der Waals surface area contributed by atoms with Gasteiger partial charge in [0.1, 0.15) is 5.58 Å². The van der Waals surface area contributed by atoms with Crippen LogP contribution in [0.2, 0.25) is 0 Å². The molecule has 2 aromatic rings. The van der Waals surface area contributed by atoms with Gasteiger partial charge in [-0.15, -0.1) is 0 Å². The molecule has 0 bridgehead atoms. The van der Waals surface area contributed by atoms with Gasteiger partial charge in [0.15, 0.2) is 5.43 Å². The van der Waals surface area contributed by atoms with Crippen LogP contribution in [-0.4, -0.2) is 29.5 Å². The minimum atomic E-state index is -0.821. The van der Waals surface area contributed by atoms with E-state index < -0.39 is 6.10 Å². The zero-order valence-electron chi connectivity index (χ0n) is 9.09. The van der Waals surface area contributed by atoms with Gasteiger partial charge >= 0.3 is 0 Å². The molecule has 0 aliphatic carbocycles. The Bertz CT molecular complexity index is 564.